The Balaban J connectivity index is 0.00000181. The molecule has 0 saturated carbocycles. The summed E-state index contributed by atoms with van der Waals surface area (Å²) in [6.07, 6.45) is 7.40. The first-order chi connectivity index (χ1) is 24.7. The number of sulfone groups is 1. The molecule has 0 radical (unpaired) electrons. The van der Waals surface area contributed by atoms with Gasteiger partial charge in [0.2, 0.25) is 11.8 Å². The zero-order valence-corrected chi connectivity index (χ0v) is 33.1. The molecule has 1 saturated heterocycles. The molecule has 0 spiro atoms. The van der Waals surface area contributed by atoms with Crippen molar-refractivity contribution in [3.05, 3.63) is 53.8 Å². The molecule has 1 aromatic heterocycles. The summed E-state index contributed by atoms with van der Waals surface area (Å²) >= 11 is 0. The van der Waals surface area contributed by atoms with E-state index < -0.39 is 61.2 Å². The Hall–Kier alpha value is -3.71. The van der Waals surface area contributed by atoms with Gasteiger partial charge >= 0.3 is 5.97 Å². The minimum atomic E-state index is -3.87. The van der Waals surface area contributed by atoms with Crippen LogP contribution in [-0.2, 0) is 45.5 Å². The van der Waals surface area contributed by atoms with Gasteiger partial charge in [0, 0.05) is 32.0 Å². The Morgan fingerprint density at radius 2 is 1.74 bits per heavy atom. The van der Waals surface area contributed by atoms with Gasteiger partial charge in [-0.1, -0.05) is 64.5 Å². The molecule has 0 aromatic carbocycles. The number of hydrogen-bond donors (Lipinski definition) is 3. The van der Waals surface area contributed by atoms with Crippen molar-refractivity contribution in [3.63, 3.8) is 0 Å². The van der Waals surface area contributed by atoms with Crippen molar-refractivity contribution in [2.75, 3.05) is 44.7 Å². The van der Waals surface area contributed by atoms with Gasteiger partial charge in [0.05, 0.1) is 29.8 Å². The number of nitrogens with zero attached hydrogens (tertiary/aromatic N) is 3. The third-order valence-corrected chi connectivity index (χ3v) is 10.8. The summed E-state index contributed by atoms with van der Waals surface area (Å²) < 4.78 is 64.8. The van der Waals surface area contributed by atoms with Crippen LogP contribution < -0.4 is 5.32 Å². The van der Waals surface area contributed by atoms with Crippen molar-refractivity contribution < 1.29 is 54.8 Å². The van der Waals surface area contributed by atoms with Crippen LogP contribution in [0.15, 0.2) is 46.6 Å². The van der Waals surface area contributed by atoms with Crippen molar-refractivity contribution in [1.82, 2.24) is 20.1 Å². The van der Waals surface area contributed by atoms with Crippen LogP contribution in [0.2, 0.25) is 0 Å². The summed E-state index contributed by atoms with van der Waals surface area (Å²) in [6.45, 7) is 12.9. The van der Waals surface area contributed by atoms with Crippen LogP contribution in [-0.4, -0.2) is 133 Å². The van der Waals surface area contributed by atoms with E-state index in [4.69, 9.17) is 13.7 Å². The Morgan fingerprint density at radius 1 is 1.09 bits per heavy atom. The van der Waals surface area contributed by atoms with Gasteiger partial charge in [-0.15, -0.1) is 0 Å². The highest BCUT2D eigenvalue weighted by Gasteiger charge is 2.50. The molecular formula is C35H54N4O12S2. The molecule has 3 heterocycles. The van der Waals surface area contributed by atoms with E-state index in [1.807, 2.05) is 32.6 Å². The average Bonchev–Trinajstić information content (AvgIpc) is 3.71. The number of Topliss-reactive ketones (excluding diaryl/α,β-unsaturated/α-hetero) is 1. The lowest BCUT2D eigenvalue weighted by Crippen LogP contribution is -2.50. The molecule has 2 bridgehead atoms. The Morgan fingerprint density at radius 3 is 2.34 bits per heavy atom. The number of aromatic nitrogens is 1. The zero-order chi connectivity index (χ0) is 40.1. The maximum absolute atomic E-state index is 14.0. The number of nitrogens with one attached hydrogen (secondary N) is 1. The predicted octanol–water partition coefficient (Wildman–Crippen LogP) is 1.77. The maximum Gasteiger partial charge on any atom is 0.330 e. The van der Waals surface area contributed by atoms with Gasteiger partial charge in [0.25, 0.3) is 16.0 Å². The molecule has 3 rings (SSSR count). The molecule has 16 nitrogen and oxygen atoms in total. The fraction of sp³-hybridized carbons (Fsp3) is 0.629. The van der Waals surface area contributed by atoms with Crippen molar-refractivity contribution >= 4 is 43.5 Å². The van der Waals surface area contributed by atoms with Crippen LogP contribution in [0.3, 0.4) is 0 Å². The number of aliphatic hydroxyl groups is 1. The number of esters is 1. The molecule has 298 valence electrons. The van der Waals surface area contributed by atoms with E-state index in [1.54, 1.807) is 32.1 Å². The predicted molar refractivity (Wildman–Crippen MR) is 197 cm³/mol. The number of carbonyl (C=O) groups excluding carboxylic acids is 4. The molecule has 2 aliphatic rings. The first kappa shape index (κ1) is 45.4. The van der Waals surface area contributed by atoms with Crippen LogP contribution in [0.5, 0.6) is 0 Å². The number of fused-ring (bicyclic) bond motifs is 3. The fourth-order valence-electron chi connectivity index (χ4n) is 5.99. The smallest absolute Gasteiger partial charge is 0.330 e. The lowest BCUT2D eigenvalue weighted by Gasteiger charge is -2.31. The van der Waals surface area contributed by atoms with Gasteiger partial charge in [-0.2, -0.15) is 8.42 Å². The molecule has 5 atom stereocenters. The molecular weight excluding hydrogens is 733 g/mol. The number of carbonyl (C=O) groups is 4. The molecule has 0 aliphatic carbocycles. The standard InChI is InChI=1S/C34H50N4O9S.CH4O3S/c1-7-37(8-2)16-17-48(44,45)28-13-15-38-31(28)34(43)47-32(22(3)4)24(6)11-12-29(41)35-14-9-10-23(5)18-25(39)19-26(40)20-30-36-27(21-46-30)33(38)42;1-5(2,3)4/h9-12,18,21-22,24-25,28,31-32,39H,7-8,13-17,19-20H2,1-6H3,(H,35,41);1H3,(H,2,3,4)/b10-9-,12-11+,23-18+;/t24-,25-,28-,31?,32-;/m1./s1. The number of ether oxygens (including phenoxy) is 1. The molecule has 3 N–H and O–H groups in total. The van der Waals surface area contributed by atoms with Crippen LogP contribution >= 0.6 is 0 Å². The van der Waals surface area contributed by atoms with Crippen molar-refractivity contribution in [2.24, 2.45) is 11.8 Å². The van der Waals surface area contributed by atoms with Gasteiger partial charge in [0.15, 0.2) is 15.5 Å². The monoisotopic (exact) mass is 786 g/mol. The number of hydrogen-bond acceptors (Lipinski definition) is 13. The third kappa shape index (κ3) is 15.3. The molecule has 2 amide bonds. The van der Waals surface area contributed by atoms with E-state index in [1.165, 1.54) is 12.2 Å². The van der Waals surface area contributed by atoms with E-state index >= 15 is 0 Å². The second-order valence-corrected chi connectivity index (χ2v) is 17.2. The lowest BCUT2D eigenvalue weighted by atomic mass is 9.94. The molecule has 1 unspecified atom stereocenters. The summed E-state index contributed by atoms with van der Waals surface area (Å²) in [6, 6.07) is -1.44. The topological polar surface area (TPSA) is 231 Å². The summed E-state index contributed by atoms with van der Waals surface area (Å²) in [5, 5.41) is 11.9. The molecule has 1 aromatic rings. The highest BCUT2D eigenvalue weighted by Crippen LogP contribution is 2.30. The fourth-order valence-corrected chi connectivity index (χ4v) is 7.92. The normalized spacial score (nSPS) is 26.5. The second kappa shape index (κ2) is 20.7. The zero-order valence-electron chi connectivity index (χ0n) is 31.4. The van der Waals surface area contributed by atoms with Crippen molar-refractivity contribution in [1.29, 1.82) is 0 Å². The van der Waals surface area contributed by atoms with Crippen LogP contribution in [0.25, 0.3) is 0 Å². The van der Waals surface area contributed by atoms with Gasteiger partial charge in [-0.3, -0.25) is 18.9 Å². The highest BCUT2D eigenvalue weighted by atomic mass is 32.2. The summed E-state index contributed by atoms with van der Waals surface area (Å²) in [5.41, 5.74) is 0.505. The first-order valence-corrected chi connectivity index (χ1v) is 21.1. The number of cyclic esters (lactones) is 1. The van der Waals surface area contributed by atoms with E-state index in [0.717, 1.165) is 11.2 Å². The lowest BCUT2D eigenvalue weighted by molar-refractivity contribution is -0.157. The summed E-state index contributed by atoms with van der Waals surface area (Å²) in [4.78, 5) is 60.3. The van der Waals surface area contributed by atoms with Crippen LogP contribution in [0.4, 0.5) is 0 Å². The summed E-state index contributed by atoms with van der Waals surface area (Å²) in [5.74, 6) is -3.23. The molecule has 18 heteroatoms. The van der Waals surface area contributed by atoms with Gasteiger partial charge < -0.3 is 29.4 Å². The molecule has 53 heavy (non-hydrogen) atoms. The highest BCUT2D eigenvalue weighted by molar-refractivity contribution is 7.92. The van der Waals surface area contributed by atoms with Crippen molar-refractivity contribution in [3.8, 4) is 0 Å². The molecule has 1 fully saturated rings. The van der Waals surface area contributed by atoms with Crippen LogP contribution in [0.1, 0.15) is 70.8 Å². The SMILES string of the molecule is CCN(CC)CCS(=O)(=O)[C@@H]1CCN2C(=O)c3coc(n3)CC(=O)C[C@H](O)/C=C(C)/C=C\CNC(=O)/C=C/[C@@H](C)[C@@H](C(C)C)OC(=O)C12.CS(=O)(=O)O. The van der Waals surface area contributed by atoms with Gasteiger partial charge in [-0.05, 0) is 38.4 Å². The number of amides is 2. The Kier molecular flexibility index (Phi) is 17.7. The minimum Gasteiger partial charge on any atom is -0.460 e. The van der Waals surface area contributed by atoms with E-state index in [2.05, 4.69) is 10.3 Å². The largest absolute Gasteiger partial charge is 0.460 e. The van der Waals surface area contributed by atoms with Crippen molar-refractivity contribution in [2.45, 2.75) is 84.3 Å². The second-order valence-electron chi connectivity index (χ2n) is 13.4. The minimum absolute atomic E-state index is 0.0243. The number of aliphatic hydroxyl groups excluding tert-OH is 1. The van der Waals surface area contributed by atoms with Gasteiger partial charge in [-0.25, -0.2) is 18.2 Å². The Bertz CT molecular complexity index is 1720. The number of ketones is 1. The first-order valence-electron chi connectivity index (χ1n) is 17.5. The van der Waals surface area contributed by atoms with Gasteiger partial charge in [0.1, 0.15) is 24.2 Å². The summed E-state index contributed by atoms with van der Waals surface area (Å²) in [7, 11) is -7.54. The quantitative estimate of drug-likeness (QED) is 0.264. The number of oxazole rings is 1. The van der Waals surface area contributed by atoms with E-state index in [0.29, 0.717) is 24.9 Å². The van der Waals surface area contributed by atoms with Crippen LogP contribution in [0, 0.1) is 11.8 Å². The maximum atomic E-state index is 14.0. The Labute approximate surface area is 312 Å². The average molecular weight is 787 g/mol. The van der Waals surface area contributed by atoms with E-state index in [-0.39, 0.29) is 73.8 Å². The number of allylic oxidation sites excluding steroid dienone is 2. The number of rotatable bonds is 7. The molecule has 2 aliphatic heterocycles. The third-order valence-electron chi connectivity index (χ3n) is 8.66. The van der Waals surface area contributed by atoms with E-state index in [9.17, 15) is 41.1 Å².